The summed E-state index contributed by atoms with van der Waals surface area (Å²) >= 11 is 0. The largest absolute Gasteiger partial charge is 0.484 e. The van der Waals surface area contributed by atoms with Crippen molar-refractivity contribution in [2.24, 2.45) is 5.10 Å². The van der Waals surface area contributed by atoms with Crippen LogP contribution in [-0.4, -0.2) is 36.3 Å². The topological polar surface area (TPSA) is 100 Å². The Balaban J connectivity index is 1.78. The molecule has 1 atom stereocenters. The van der Waals surface area contributed by atoms with Crippen molar-refractivity contribution in [1.29, 1.82) is 0 Å². The molecule has 0 radical (unpaired) electrons. The lowest BCUT2D eigenvalue weighted by molar-refractivity contribution is -0.124. The second-order valence-corrected chi connectivity index (χ2v) is 5.51. The Morgan fingerprint density at radius 2 is 1.81 bits per heavy atom. The fourth-order valence-corrected chi connectivity index (χ4v) is 2.12. The van der Waals surface area contributed by atoms with Gasteiger partial charge in [-0.05, 0) is 42.3 Å². The number of aliphatic hydroxyl groups excluding tert-OH is 1. The summed E-state index contributed by atoms with van der Waals surface area (Å²) in [5.74, 6) is -0.250. The molecule has 2 amide bonds. The molecule has 3 N–H and O–H groups in total. The number of hydrogen-bond acceptors (Lipinski definition) is 5. The first kappa shape index (κ1) is 19.1. The molecule has 2 aromatic rings. The average Bonchev–Trinajstić information content (AvgIpc) is 2.67. The lowest BCUT2D eigenvalue weighted by Gasteiger charge is -2.14. The molecule has 0 bridgehead atoms. The fraction of sp³-hybridized carbons (Fsp3) is 0.211. The third kappa shape index (κ3) is 6.37. The monoisotopic (exact) mass is 355 g/mol. The molecule has 0 aliphatic rings. The molecular formula is C19H21N3O4. The molecule has 0 heterocycles. The van der Waals surface area contributed by atoms with E-state index in [1.165, 1.54) is 6.21 Å². The van der Waals surface area contributed by atoms with Crippen LogP contribution in [0.5, 0.6) is 5.75 Å². The normalized spacial score (nSPS) is 11.8. The predicted molar refractivity (Wildman–Crippen MR) is 97.8 cm³/mol. The standard InChI is InChI=1S/C19H21N3O4/c1-14(16-5-3-2-4-6-16)21-19(25)13-26-17-9-7-15(8-10-17)11-20-22-18(24)12-23/h2-11,14,23H,12-13H2,1H3,(H,21,25)(H,22,24)/b20-11+. The van der Waals surface area contributed by atoms with E-state index in [4.69, 9.17) is 9.84 Å². The summed E-state index contributed by atoms with van der Waals surface area (Å²) < 4.78 is 5.46. The number of carbonyl (C=O) groups is 2. The Morgan fingerprint density at radius 3 is 2.46 bits per heavy atom. The van der Waals surface area contributed by atoms with E-state index in [0.717, 1.165) is 11.1 Å². The fourth-order valence-electron chi connectivity index (χ4n) is 2.12. The Kier molecular flexibility index (Phi) is 7.32. The lowest BCUT2D eigenvalue weighted by Crippen LogP contribution is -2.31. The maximum Gasteiger partial charge on any atom is 0.265 e. The highest BCUT2D eigenvalue weighted by atomic mass is 16.5. The van der Waals surface area contributed by atoms with Crippen molar-refractivity contribution in [1.82, 2.24) is 10.7 Å². The third-order valence-corrected chi connectivity index (χ3v) is 3.47. The summed E-state index contributed by atoms with van der Waals surface area (Å²) in [6.45, 7) is 1.21. The number of rotatable bonds is 8. The van der Waals surface area contributed by atoms with Crippen LogP contribution in [0.3, 0.4) is 0 Å². The van der Waals surface area contributed by atoms with Crippen LogP contribution in [0.15, 0.2) is 59.7 Å². The Bertz CT molecular complexity index is 745. The zero-order chi connectivity index (χ0) is 18.8. The third-order valence-electron chi connectivity index (χ3n) is 3.47. The van der Waals surface area contributed by atoms with Gasteiger partial charge in [-0.1, -0.05) is 30.3 Å². The van der Waals surface area contributed by atoms with Gasteiger partial charge in [-0.2, -0.15) is 5.10 Å². The maximum absolute atomic E-state index is 12.0. The van der Waals surface area contributed by atoms with Crippen LogP contribution in [0.2, 0.25) is 0 Å². The van der Waals surface area contributed by atoms with Gasteiger partial charge in [-0.25, -0.2) is 5.43 Å². The van der Waals surface area contributed by atoms with E-state index >= 15 is 0 Å². The maximum atomic E-state index is 12.0. The number of hydrazone groups is 1. The molecule has 2 rings (SSSR count). The van der Waals surface area contributed by atoms with Crippen molar-refractivity contribution >= 4 is 18.0 Å². The van der Waals surface area contributed by atoms with Crippen LogP contribution in [0.4, 0.5) is 0 Å². The van der Waals surface area contributed by atoms with Gasteiger partial charge in [0.05, 0.1) is 12.3 Å². The van der Waals surface area contributed by atoms with E-state index in [1.807, 2.05) is 37.3 Å². The van der Waals surface area contributed by atoms with E-state index in [0.29, 0.717) is 5.75 Å². The lowest BCUT2D eigenvalue weighted by atomic mass is 10.1. The molecule has 0 aliphatic heterocycles. The van der Waals surface area contributed by atoms with E-state index in [-0.39, 0.29) is 18.6 Å². The highest BCUT2D eigenvalue weighted by molar-refractivity contribution is 5.82. The summed E-state index contributed by atoms with van der Waals surface area (Å²) in [6, 6.07) is 16.4. The molecule has 0 saturated carbocycles. The number of nitrogens with zero attached hydrogens (tertiary/aromatic N) is 1. The summed E-state index contributed by atoms with van der Waals surface area (Å²) in [7, 11) is 0. The van der Waals surface area contributed by atoms with E-state index in [1.54, 1.807) is 24.3 Å². The van der Waals surface area contributed by atoms with E-state index < -0.39 is 12.5 Å². The van der Waals surface area contributed by atoms with Gasteiger partial charge in [0.15, 0.2) is 6.61 Å². The number of carbonyl (C=O) groups excluding carboxylic acids is 2. The van der Waals surface area contributed by atoms with Crippen LogP contribution < -0.4 is 15.5 Å². The summed E-state index contributed by atoms with van der Waals surface area (Å²) in [5.41, 5.74) is 3.92. The van der Waals surface area contributed by atoms with Gasteiger partial charge in [0.1, 0.15) is 12.4 Å². The average molecular weight is 355 g/mol. The van der Waals surface area contributed by atoms with Gasteiger partial charge in [-0.3, -0.25) is 9.59 Å². The number of ether oxygens (including phenoxy) is 1. The quantitative estimate of drug-likeness (QED) is 0.492. The highest BCUT2D eigenvalue weighted by Gasteiger charge is 2.09. The second kappa shape index (κ2) is 9.95. The van der Waals surface area contributed by atoms with E-state index in [2.05, 4.69) is 15.8 Å². The van der Waals surface area contributed by atoms with Crippen molar-refractivity contribution in [2.45, 2.75) is 13.0 Å². The Morgan fingerprint density at radius 1 is 1.12 bits per heavy atom. The van der Waals surface area contributed by atoms with Gasteiger partial charge >= 0.3 is 0 Å². The van der Waals surface area contributed by atoms with Crippen molar-refractivity contribution in [3.8, 4) is 5.75 Å². The van der Waals surface area contributed by atoms with Crippen molar-refractivity contribution < 1.29 is 19.4 Å². The van der Waals surface area contributed by atoms with Crippen LogP contribution in [0, 0.1) is 0 Å². The summed E-state index contributed by atoms with van der Waals surface area (Å²) in [5, 5.41) is 15.1. The zero-order valence-electron chi connectivity index (χ0n) is 14.4. The molecule has 0 aromatic heterocycles. The van der Waals surface area contributed by atoms with E-state index in [9.17, 15) is 9.59 Å². The molecule has 0 spiro atoms. The van der Waals surface area contributed by atoms with Crippen molar-refractivity contribution in [3.63, 3.8) is 0 Å². The van der Waals surface area contributed by atoms with Gasteiger partial charge in [0, 0.05) is 0 Å². The minimum atomic E-state index is -0.616. The molecule has 2 aromatic carbocycles. The van der Waals surface area contributed by atoms with Crippen molar-refractivity contribution in [2.75, 3.05) is 13.2 Å². The number of benzene rings is 2. The van der Waals surface area contributed by atoms with Crippen LogP contribution in [0.25, 0.3) is 0 Å². The number of amides is 2. The van der Waals surface area contributed by atoms with Crippen LogP contribution in [-0.2, 0) is 9.59 Å². The minimum Gasteiger partial charge on any atom is -0.484 e. The molecule has 136 valence electrons. The Hall–Kier alpha value is -3.19. The number of nitrogens with one attached hydrogen (secondary N) is 2. The zero-order valence-corrected chi connectivity index (χ0v) is 14.4. The molecule has 7 heteroatoms. The molecule has 0 fully saturated rings. The number of hydrogen-bond donors (Lipinski definition) is 3. The predicted octanol–water partition coefficient (Wildman–Crippen LogP) is 1.39. The second-order valence-electron chi connectivity index (χ2n) is 5.51. The molecular weight excluding hydrogens is 334 g/mol. The molecule has 0 saturated heterocycles. The minimum absolute atomic E-state index is 0.0861. The SMILES string of the molecule is CC(NC(=O)COc1ccc(/C=N/NC(=O)CO)cc1)c1ccccc1. The van der Waals surface area contributed by atoms with Gasteiger partial charge < -0.3 is 15.2 Å². The Labute approximate surface area is 151 Å². The first-order chi connectivity index (χ1) is 12.6. The smallest absolute Gasteiger partial charge is 0.265 e. The van der Waals surface area contributed by atoms with Gasteiger partial charge in [0.25, 0.3) is 11.8 Å². The molecule has 7 nitrogen and oxygen atoms in total. The first-order valence-electron chi connectivity index (χ1n) is 8.08. The van der Waals surface area contributed by atoms with Crippen LogP contribution in [0.1, 0.15) is 24.1 Å². The molecule has 26 heavy (non-hydrogen) atoms. The van der Waals surface area contributed by atoms with Crippen LogP contribution >= 0.6 is 0 Å². The number of aliphatic hydroxyl groups is 1. The molecule has 1 unspecified atom stereocenters. The van der Waals surface area contributed by atoms with Gasteiger partial charge in [0.2, 0.25) is 0 Å². The summed E-state index contributed by atoms with van der Waals surface area (Å²) in [6.07, 6.45) is 1.44. The summed E-state index contributed by atoms with van der Waals surface area (Å²) in [4.78, 5) is 22.8. The van der Waals surface area contributed by atoms with Gasteiger partial charge in [-0.15, -0.1) is 0 Å². The highest BCUT2D eigenvalue weighted by Crippen LogP contribution is 2.12. The molecule has 0 aliphatic carbocycles. The van der Waals surface area contributed by atoms with Crippen molar-refractivity contribution in [3.05, 3.63) is 65.7 Å². The first-order valence-corrected chi connectivity index (χ1v) is 8.08.